The Hall–Kier alpha value is -3.03. The zero-order chi connectivity index (χ0) is 23.3. The van der Waals surface area contributed by atoms with E-state index in [1.807, 2.05) is 30.3 Å². The van der Waals surface area contributed by atoms with Gasteiger partial charge in [-0.3, -0.25) is 4.79 Å². The molecule has 0 aliphatic heterocycles. The number of amides is 3. The maximum absolute atomic E-state index is 13.1. The Kier molecular flexibility index (Phi) is 7.43. The molecule has 1 N–H and O–H groups in total. The molecule has 0 radical (unpaired) electrons. The van der Waals surface area contributed by atoms with Gasteiger partial charge in [0.25, 0.3) is 0 Å². The normalized spacial score (nSPS) is 14.5. The summed E-state index contributed by atoms with van der Waals surface area (Å²) in [4.78, 5) is 28.4. The molecule has 3 amide bonds. The van der Waals surface area contributed by atoms with Crippen LogP contribution in [0.3, 0.4) is 0 Å². The van der Waals surface area contributed by atoms with Crippen LogP contribution in [0.5, 0.6) is 0 Å². The van der Waals surface area contributed by atoms with Gasteiger partial charge in [0.15, 0.2) is 0 Å². The molecule has 0 bridgehead atoms. The quantitative estimate of drug-likeness (QED) is 0.620. The molecular weight excluding hydrogens is 419 g/mol. The van der Waals surface area contributed by atoms with Crippen LogP contribution in [-0.4, -0.2) is 41.4 Å². The second kappa shape index (κ2) is 10.1. The topological polar surface area (TPSA) is 52.7 Å². The zero-order valence-electron chi connectivity index (χ0n) is 18.2. The summed E-state index contributed by atoms with van der Waals surface area (Å²) in [5.74, 6) is -0.177. The average Bonchev–Trinajstić information content (AvgIpc) is 3.59. The summed E-state index contributed by atoms with van der Waals surface area (Å²) in [7, 11) is 1.68. The second-order valence-electron chi connectivity index (χ2n) is 8.15. The Morgan fingerprint density at radius 1 is 1.09 bits per heavy atom. The molecule has 1 unspecified atom stereocenters. The molecule has 1 atom stereocenters. The van der Waals surface area contributed by atoms with Crippen LogP contribution < -0.4 is 5.32 Å². The van der Waals surface area contributed by atoms with Gasteiger partial charge in [0, 0.05) is 32.6 Å². The summed E-state index contributed by atoms with van der Waals surface area (Å²) < 4.78 is 39.2. The maximum atomic E-state index is 13.1. The number of carbonyl (C=O) groups excluding carboxylic acids is 2. The van der Waals surface area contributed by atoms with Crippen LogP contribution in [0.1, 0.15) is 48.9 Å². The Morgan fingerprint density at radius 2 is 1.78 bits per heavy atom. The third kappa shape index (κ3) is 6.24. The van der Waals surface area contributed by atoms with Crippen molar-refractivity contribution in [3.63, 3.8) is 0 Å². The predicted octanol–water partition coefficient (Wildman–Crippen LogP) is 4.99. The van der Waals surface area contributed by atoms with Crippen molar-refractivity contribution < 1.29 is 22.8 Å². The van der Waals surface area contributed by atoms with Crippen molar-refractivity contribution in [2.45, 2.75) is 51.0 Å². The number of urea groups is 1. The minimum atomic E-state index is -4.43. The Labute approximate surface area is 186 Å². The standard InChI is InChI=1S/C24H28F3N3O2/c1-17(19-9-6-10-20(15-19)24(25,26)27)30(21-11-12-21)22(31)13-14-28-23(32)29(2)16-18-7-4-3-5-8-18/h3-10,15,17,21H,11-14,16H2,1-2H3,(H,28,32). The van der Waals surface area contributed by atoms with Gasteiger partial charge in [-0.1, -0.05) is 42.5 Å². The summed E-state index contributed by atoms with van der Waals surface area (Å²) in [5.41, 5.74) is 0.724. The molecular formula is C24H28F3N3O2. The van der Waals surface area contributed by atoms with Crippen LogP contribution in [0.15, 0.2) is 54.6 Å². The van der Waals surface area contributed by atoms with Crippen LogP contribution in [0.4, 0.5) is 18.0 Å². The number of carbonyl (C=O) groups is 2. The van der Waals surface area contributed by atoms with E-state index in [9.17, 15) is 22.8 Å². The van der Waals surface area contributed by atoms with Crippen LogP contribution in [0.2, 0.25) is 0 Å². The fourth-order valence-corrected chi connectivity index (χ4v) is 3.69. The second-order valence-corrected chi connectivity index (χ2v) is 8.15. The molecule has 1 fully saturated rings. The van der Waals surface area contributed by atoms with Crippen LogP contribution in [0, 0.1) is 0 Å². The van der Waals surface area contributed by atoms with Crippen molar-refractivity contribution in [1.82, 2.24) is 15.1 Å². The number of nitrogens with one attached hydrogen (secondary N) is 1. The highest BCUT2D eigenvalue weighted by molar-refractivity contribution is 5.79. The molecule has 1 saturated carbocycles. The van der Waals surface area contributed by atoms with Crippen LogP contribution >= 0.6 is 0 Å². The van der Waals surface area contributed by atoms with Crippen molar-refractivity contribution in [2.75, 3.05) is 13.6 Å². The molecule has 0 heterocycles. The minimum absolute atomic E-state index is 0.0310. The van der Waals surface area contributed by atoms with Gasteiger partial charge in [-0.2, -0.15) is 13.2 Å². The Morgan fingerprint density at radius 3 is 2.41 bits per heavy atom. The number of hydrogen-bond donors (Lipinski definition) is 1. The lowest BCUT2D eigenvalue weighted by Crippen LogP contribution is -2.40. The van der Waals surface area contributed by atoms with Crippen LogP contribution in [-0.2, 0) is 17.5 Å². The fraction of sp³-hybridized carbons (Fsp3) is 0.417. The van der Waals surface area contributed by atoms with E-state index in [2.05, 4.69) is 5.32 Å². The molecule has 1 aliphatic rings. The summed E-state index contributed by atoms with van der Waals surface area (Å²) in [6.07, 6.45) is -2.67. The van der Waals surface area contributed by atoms with Crippen LogP contribution in [0.25, 0.3) is 0 Å². The van der Waals surface area contributed by atoms with Gasteiger partial charge < -0.3 is 15.1 Å². The first-order valence-electron chi connectivity index (χ1n) is 10.7. The highest BCUT2D eigenvalue weighted by Gasteiger charge is 2.37. The molecule has 32 heavy (non-hydrogen) atoms. The van der Waals surface area contributed by atoms with E-state index in [0.29, 0.717) is 12.1 Å². The molecule has 0 spiro atoms. The van der Waals surface area contributed by atoms with E-state index >= 15 is 0 Å². The molecule has 3 rings (SSSR count). The average molecular weight is 448 g/mol. The van der Waals surface area contributed by atoms with Crippen molar-refractivity contribution in [1.29, 1.82) is 0 Å². The molecule has 5 nitrogen and oxygen atoms in total. The van der Waals surface area contributed by atoms with E-state index < -0.39 is 17.8 Å². The third-order valence-electron chi connectivity index (χ3n) is 5.57. The predicted molar refractivity (Wildman–Crippen MR) is 116 cm³/mol. The monoisotopic (exact) mass is 447 g/mol. The van der Waals surface area contributed by atoms with Gasteiger partial charge in [0.05, 0.1) is 11.6 Å². The fourth-order valence-electron chi connectivity index (χ4n) is 3.69. The van der Waals surface area contributed by atoms with Crippen molar-refractivity contribution in [3.8, 4) is 0 Å². The third-order valence-corrected chi connectivity index (χ3v) is 5.57. The lowest BCUT2D eigenvalue weighted by Gasteiger charge is -2.30. The van der Waals surface area contributed by atoms with E-state index in [-0.39, 0.29) is 30.9 Å². The number of hydrogen-bond acceptors (Lipinski definition) is 2. The Bertz CT molecular complexity index is 930. The van der Waals surface area contributed by atoms with Gasteiger partial charge in [0.2, 0.25) is 5.91 Å². The number of halogens is 3. The zero-order valence-corrected chi connectivity index (χ0v) is 18.2. The highest BCUT2D eigenvalue weighted by atomic mass is 19.4. The molecule has 0 aromatic heterocycles. The van der Waals surface area contributed by atoms with E-state index in [0.717, 1.165) is 30.5 Å². The lowest BCUT2D eigenvalue weighted by molar-refractivity contribution is -0.137. The SMILES string of the molecule is CC(c1cccc(C(F)(F)F)c1)N(C(=O)CCNC(=O)N(C)Cc1ccccc1)C1CC1. The van der Waals surface area contributed by atoms with Crippen molar-refractivity contribution in [2.24, 2.45) is 0 Å². The summed E-state index contributed by atoms with van der Waals surface area (Å²) in [6, 6.07) is 13.9. The van der Waals surface area contributed by atoms with Crippen molar-refractivity contribution >= 4 is 11.9 Å². The molecule has 8 heteroatoms. The van der Waals surface area contributed by atoms with Gasteiger partial charge in [-0.15, -0.1) is 0 Å². The van der Waals surface area contributed by atoms with E-state index in [1.54, 1.807) is 24.9 Å². The minimum Gasteiger partial charge on any atom is -0.337 e. The molecule has 0 saturated heterocycles. The van der Waals surface area contributed by atoms with Gasteiger partial charge >= 0.3 is 12.2 Å². The first-order valence-corrected chi connectivity index (χ1v) is 10.7. The number of alkyl halides is 3. The maximum Gasteiger partial charge on any atom is 0.416 e. The summed E-state index contributed by atoms with van der Waals surface area (Å²) >= 11 is 0. The molecule has 2 aromatic carbocycles. The molecule has 1 aliphatic carbocycles. The molecule has 172 valence electrons. The first kappa shape index (κ1) is 23.6. The summed E-state index contributed by atoms with van der Waals surface area (Å²) in [5, 5.41) is 2.75. The molecule has 2 aromatic rings. The largest absolute Gasteiger partial charge is 0.416 e. The van der Waals surface area contributed by atoms with Crippen molar-refractivity contribution in [3.05, 3.63) is 71.3 Å². The first-order chi connectivity index (χ1) is 15.2. The number of rotatable bonds is 8. The van der Waals surface area contributed by atoms with Gasteiger partial charge in [-0.25, -0.2) is 4.79 Å². The summed E-state index contributed by atoms with van der Waals surface area (Å²) in [6.45, 7) is 2.36. The number of nitrogens with zero attached hydrogens (tertiary/aromatic N) is 2. The number of benzene rings is 2. The smallest absolute Gasteiger partial charge is 0.337 e. The highest BCUT2D eigenvalue weighted by Crippen LogP contribution is 2.37. The van der Waals surface area contributed by atoms with Gasteiger partial charge in [-0.05, 0) is 43.0 Å². The van der Waals surface area contributed by atoms with E-state index in [1.165, 1.54) is 11.0 Å². The Balaban J connectivity index is 1.56. The van der Waals surface area contributed by atoms with Gasteiger partial charge in [0.1, 0.15) is 0 Å². The lowest BCUT2D eigenvalue weighted by atomic mass is 10.0. The van der Waals surface area contributed by atoms with E-state index in [4.69, 9.17) is 0 Å².